The van der Waals surface area contributed by atoms with E-state index in [1.807, 2.05) is 23.1 Å². The van der Waals surface area contributed by atoms with Crippen LogP contribution in [0.25, 0.3) is 0 Å². The molecule has 8 heteroatoms. The summed E-state index contributed by atoms with van der Waals surface area (Å²) in [5, 5.41) is 0. The Morgan fingerprint density at radius 3 is 2.00 bits per heavy atom. The number of methoxy groups -OCH3 is 2. The van der Waals surface area contributed by atoms with Crippen LogP contribution < -0.4 is 9.47 Å². The SMILES string of the molecule is C=CC(=O)N(CCCCCCCCCCCS(=O)(=O)O)CCCc1ccc(OC)c(OC)c1. The van der Waals surface area contributed by atoms with Gasteiger partial charge in [0, 0.05) is 13.1 Å². The van der Waals surface area contributed by atoms with Crippen LogP contribution in [-0.2, 0) is 21.3 Å². The fourth-order valence-electron chi connectivity index (χ4n) is 3.80. The highest BCUT2D eigenvalue weighted by molar-refractivity contribution is 7.85. The van der Waals surface area contributed by atoms with Gasteiger partial charge in [-0.05, 0) is 49.5 Å². The maximum atomic E-state index is 12.2. The zero-order valence-corrected chi connectivity index (χ0v) is 21.1. The maximum Gasteiger partial charge on any atom is 0.264 e. The van der Waals surface area contributed by atoms with Crippen molar-refractivity contribution in [3.63, 3.8) is 0 Å². The Balaban J connectivity index is 2.21. The summed E-state index contributed by atoms with van der Waals surface area (Å²) in [4.78, 5) is 14.1. The Morgan fingerprint density at radius 1 is 0.909 bits per heavy atom. The molecule has 1 aromatic carbocycles. The molecular formula is C25H41NO6S. The molecule has 0 bridgehead atoms. The first-order valence-electron chi connectivity index (χ1n) is 11.9. The summed E-state index contributed by atoms with van der Waals surface area (Å²) in [6, 6.07) is 5.91. The van der Waals surface area contributed by atoms with E-state index in [1.54, 1.807) is 14.2 Å². The number of ether oxygens (including phenoxy) is 2. The minimum Gasteiger partial charge on any atom is -0.493 e. The number of rotatable bonds is 19. The van der Waals surface area contributed by atoms with E-state index in [9.17, 15) is 13.2 Å². The van der Waals surface area contributed by atoms with Crippen LogP contribution in [0.1, 0.15) is 69.8 Å². The number of hydrogen-bond acceptors (Lipinski definition) is 5. The van der Waals surface area contributed by atoms with Gasteiger partial charge in [0.25, 0.3) is 10.1 Å². The van der Waals surface area contributed by atoms with Crippen LogP contribution in [0, 0.1) is 0 Å². The third-order valence-corrected chi connectivity index (χ3v) is 6.46. The normalized spacial score (nSPS) is 11.2. The average molecular weight is 484 g/mol. The number of carbonyl (C=O) groups excluding carboxylic acids is 1. The van der Waals surface area contributed by atoms with Crippen molar-refractivity contribution in [2.45, 2.75) is 70.6 Å². The zero-order chi connectivity index (χ0) is 24.5. The van der Waals surface area contributed by atoms with Crippen molar-refractivity contribution >= 4 is 16.0 Å². The highest BCUT2D eigenvalue weighted by Crippen LogP contribution is 2.28. The van der Waals surface area contributed by atoms with Gasteiger partial charge in [-0.2, -0.15) is 8.42 Å². The predicted molar refractivity (Wildman–Crippen MR) is 133 cm³/mol. The van der Waals surface area contributed by atoms with Crippen molar-refractivity contribution in [2.75, 3.05) is 33.1 Å². The molecule has 1 amide bonds. The summed E-state index contributed by atoms with van der Waals surface area (Å²) < 4.78 is 40.7. The molecule has 0 unspecified atom stereocenters. The second-order valence-corrected chi connectivity index (χ2v) is 9.86. The van der Waals surface area contributed by atoms with Crippen molar-refractivity contribution in [1.82, 2.24) is 4.90 Å². The standard InChI is InChI=1S/C25H41NO6S/c1-4-25(27)26(19-14-15-22-16-17-23(31-2)24(21-22)32-3)18-12-10-8-6-5-7-9-11-13-20-33(28,29)30/h4,16-17,21H,1,5-15,18-20H2,2-3H3,(H,28,29,30). The lowest BCUT2D eigenvalue weighted by Gasteiger charge is -2.21. The highest BCUT2D eigenvalue weighted by Gasteiger charge is 2.10. The molecule has 0 spiro atoms. The van der Waals surface area contributed by atoms with Gasteiger partial charge in [0.05, 0.1) is 20.0 Å². The smallest absolute Gasteiger partial charge is 0.264 e. The average Bonchev–Trinajstić information content (AvgIpc) is 2.79. The van der Waals surface area contributed by atoms with Gasteiger partial charge in [-0.1, -0.05) is 57.6 Å². The van der Waals surface area contributed by atoms with Crippen LogP contribution in [-0.4, -0.2) is 56.8 Å². The van der Waals surface area contributed by atoms with Gasteiger partial charge in [-0.3, -0.25) is 9.35 Å². The summed E-state index contributed by atoms with van der Waals surface area (Å²) in [5.74, 6) is 1.27. The fourth-order valence-corrected chi connectivity index (χ4v) is 4.36. The first kappa shape index (κ1) is 29.0. The van der Waals surface area contributed by atoms with E-state index in [1.165, 1.54) is 6.08 Å². The van der Waals surface area contributed by atoms with Crippen LogP contribution in [0.2, 0.25) is 0 Å². The van der Waals surface area contributed by atoms with Crippen molar-refractivity contribution < 1.29 is 27.2 Å². The van der Waals surface area contributed by atoms with Gasteiger partial charge >= 0.3 is 0 Å². The van der Waals surface area contributed by atoms with E-state index in [4.69, 9.17) is 14.0 Å². The summed E-state index contributed by atoms with van der Waals surface area (Å²) >= 11 is 0. The predicted octanol–water partition coefficient (Wildman–Crippen LogP) is 5.05. The van der Waals surface area contributed by atoms with Crippen molar-refractivity contribution in [3.8, 4) is 11.5 Å². The van der Waals surface area contributed by atoms with Crippen molar-refractivity contribution in [2.24, 2.45) is 0 Å². The van der Waals surface area contributed by atoms with E-state index < -0.39 is 10.1 Å². The lowest BCUT2D eigenvalue weighted by atomic mass is 10.1. The Morgan fingerprint density at radius 2 is 1.45 bits per heavy atom. The molecule has 0 fully saturated rings. The second-order valence-electron chi connectivity index (χ2n) is 8.29. The van der Waals surface area contributed by atoms with Gasteiger partial charge in [-0.15, -0.1) is 0 Å². The number of aryl methyl sites for hydroxylation is 1. The summed E-state index contributed by atoms with van der Waals surface area (Å²) in [5.41, 5.74) is 1.15. The lowest BCUT2D eigenvalue weighted by Crippen LogP contribution is -2.31. The van der Waals surface area contributed by atoms with Crippen LogP contribution in [0.5, 0.6) is 11.5 Å². The summed E-state index contributed by atoms with van der Waals surface area (Å²) in [7, 11) is -0.573. The number of nitrogens with zero attached hydrogens (tertiary/aromatic N) is 1. The molecule has 0 aromatic heterocycles. The topological polar surface area (TPSA) is 93.1 Å². The van der Waals surface area contributed by atoms with Gasteiger partial charge in [0.2, 0.25) is 5.91 Å². The third-order valence-electron chi connectivity index (χ3n) is 5.66. The molecule has 1 aromatic rings. The molecule has 0 saturated carbocycles. The molecule has 1 N–H and O–H groups in total. The summed E-state index contributed by atoms with van der Waals surface area (Å²) in [6.07, 6.45) is 12.0. The molecule has 0 radical (unpaired) electrons. The first-order valence-corrected chi connectivity index (χ1v) is 13.5. The van der Waals surface area contributed by atoms with Crippen molar-refractivity contribution in [1.29, 1.82) is 0 Å². The third kappa shape index (κ3) is 13.3. The van der Waals surface area contributed by atoms with Crippen LogP contribution in [0.15, 0.2) is 30.9 Å². The second kappa shape index (κ2) is 16.5. The Labute approximate surface area is 199 Å². The van der Waals surface area contributed by atoms with E-state index in [-0.39, 0.29) is 11.7 Å². The minimum absolute atomic E-state index is 0.0211. The molecule has 0 aliphatic heterocycles. The summed E-state index contributed by atoms with van der Waals surface area (Å²) in [6.45, 7) is 5.07. The van der Waals surface area contributed by atoms with Crippen molar-refractivity contribution in [3.05, 3.63) is 36.4 Å². The molecule has 0 atom stereocenters. The quantitative estimate of drug-likeness (QED) is 0.168. The fraction of sp³-hybridized carbons (Fsp3) is 0.640. The first-order chi connectivity index (χ1) is 15.8. The largest absolute Gasteiger partial charge is 0.493 e. The zero-order valence-electron chi connectivity index (χ0n) is 20.3. The Hall–Kier alpha value is -2.06. The van der Waals surface area contributed by atoms with Gasteiger partial charge in [0.15, 0.2) is 11.5 Å². The molecular weight excluding hydrogens is 442 g/mol. The number of carbonyl (C=O) groups is 1. The van der Waals surface area contributed by atoms with Crippen LogP contribution in [0.3, 0.4) is 0 Å². The molecule has 0 aliphatic carbocycles. The Kier molecular flexibility index (Phi) is 14.5. The number of hydrogen-bond donors (Lipinski definition) is 1. The number of benzene rings is 1. The molecule has 1 rings (SSSR count). The molecule has 7 nitrogen and oxygen atoms in total. The monoisotopic (exact) mass is 483 g/mol. The van der Waals surface area contributed by atoms with E-state index in [0.29, 0.717) is 24.5 Å². The Bertz CT molecular complexity index is 809. The number of unbranched alkanes of at least 4 members (excludes halogenated alkanes) is 8. The van der Waals surface area contributed by atoms with Crippen LogP contribution in [0.4, 0.5) is 0 Å². The minimum atomic E-state index is -3.82. The van der Waals surface area contributed by atoms with Crippen LogP contribution >= 0.6 is 0 Å². The van der Waals surface area contributed by atoms with Gasteiger partial charge in [-0.25, -0.2) is 0 Å². The molecule has 0 heterocycles. The maximum absolute atomic E-state index is 12.2. The van der Waals surface area contributed by atoms with E-state index >= 15 is 0 Å². The molecule has 0 aliphatic rings. The number of amides is 1. The lowest BCUT2D eigenvalue weighted by molar-refractivity contribution is -0.126. The molecule has 0 saturated heterocycles. The molecule has 188 valence electrons. The van der Waals surface area contributed by atoms with Gasteiger partial charge < -0.3 is 14.4 Å². The van der Waals surface area contributed by atoms with E-state index in [2.05, 4.69) is 6.58 Å². The van der Waals surface area contributed by atoms with E-state index in [0.717, 1.165) is 76.3 Å². The highest BCUT2D eigenvalue weighted by atomic mass is 32.2. The van der Waals surface area contributed by atoms with Gasteiger partial charge in [0.1, 0.15) is 0 Å². The molecule has 33 heavy (non-hydrogen) atoms.